The van der Waals surface area contributed by atoms with Crippen molar-refractivity contribution < 1.29 is 4.74 Å². The molecule has 1 aromatic heterocycles. The third-order valence-corrected chi connectivity index (χ3v) is 3.06. The van der Waals surface area contributed by atoms with Crippen LogP contribution in [0, 0.1) is 0 Å². The molecule has 1 aromatic rings. The maximum atomic E-state index is 5.90. The average molecular weight is 234 g/mol. The van der Waals surface area contributed by atoms with Crippen LogP contribution in [-0.4, -0.2) is 24.2 Å². The van der Waals surface area contributed by atoms with Gasteiger partial charge in [-0.25, -0.2) is 0 Å². The predicted molar refractivity (Wildman–Crippen MR) is 69.5 cm³/mol. The molecule has 1 N–H and O–H groups in total. The summed E-state index contributed by atoms with van der Waals surface area (Å²) in [5, 5.41) is 3.35. The molecule has 3 nitrogen and oxygen atoms in total. The van der Waals surface area contributed by atoms with Gasteiger partial charge in [-0.2, -0.15) is 0 Å². The van der Waals surface area contributed by atoms with Gasteiger partial charge in [0.05, 0.1) is 6.20 Å². The molecule has 1 saturated heterocycles. The maximum absolute atomic E-state index is 5.90. The first-order valence-corrected chi connectivity index (χ1v) is 6.39. The predicted octanol–water partition coefficient (Wildman–Crippen LogP) is 2.51. The number of hydrogen-bond acceptors (Lipinski definition) is 3. The molecular formula is C14H22N2O. The Labute approximate surface area is 104 Å². The lowest BCUT2D eigenvalue weighted by Gasteiger charge is -2.24. The summed E-state index contributed by atoms with van der Waals surface area (Å²) in [6, 6.07) is 4.09. The first kappa shape index (κ1) is 12.4. The smallest absolute Gasteiger partial charge is 0.138 e. The summed E-state index contributed by atoms with van der Waals surface area (Å²) in [4.78, 5) is 4.47. The van der Waals surface area contributed by atoms with Crippen molar-refractivity contribution in [2.45, 2.75) is 45.1 Å². The Kier molecular flexibility index (Phi) is 3.67. The van der Waals surface area contributed by atoms with Crippen molar-refractivity contribution in [2.75, 3.05) is 13.1 Å². The van der Waals surface area contributed by atoms with Gasteiger partial charge in [-0.05, 0) is 31.5 Å². The van der Waals surface area contributed by atoms with Crippen molar-refractivity contribution in [1.29, 1.82) is 0 Å². The molecule has 0 aromatic carbocycles. The zero-order chi connectivity index (χ0) is 12.3. The number of rotatable bonds is 2. The molecule has 1 atom stereocenters. The number of aromatic nitrogens is 1. The second kappa shape index (κ2) is 5.05. The molecule has 0 amide bonds. The van der Waals surface area contributed by atoms with E-state index in [9.17, 15) is 0 Å². The van der Waals surface area contributed by atoms with E-state index < -0.39 is 0 Å². The van der Waals surface area contributed by atoms with Crippen LogP contribution < -0.4 is 10.1 Å². The van der Waals surface area contributed by atoms with Gasteiger partial charge in [0.2, 0.25) is 0 Å². The van der Waals surface area contributed by atoms with Crippen LogP contribution >= 0.6 is 0 Å². The fourth-order valence-corrected chi connectivity index (χ4v) is 2.01. The minimum atomic E-state index is 0.102. The Hall–Kier alpha value is -1.09. The molecule has 0 spiro atoms. The van der Waals surface area contributed by atoms with E-state index >= 15 is 0 Å². The Morgan fingerprint density at radius 2 is 2.18 bits per heavy atom. The van der Waals surface area contributed by atoms with Crippen molar-refractivity contribution in [1.82, 2.24) is 10.3 Å². The lowest BCUT2D eigenvalue weighted by atomic mass is 9.92. The molecule has 17 heavy (non-hydrogen) atoms. The molecule has 1 fully saturated rings. The van der Waals surface area contributed by atoms with Crippen molar-refractivity contribution in [3.63, 3.8) is 0 Å². The van der Waals surface area contributed by atoms with E-state index in [0.717, 1.165) is 31.0 Å². The molecule has 0 saturated carbocycles. The summed E-state index contributed by atoms with van der Waals surface area (Å²) in [7, 11) is 0. The molecule has 0 bridgehead atoms. The number of ether oxygens (including phenoxy) is 1. The van der Waals surface area contributed by atoms with Gasteiger partial charge in [0.1, 0.15) is 11.9 Å². The Bertz CT molecular complexity index is 347. The Morgan fingerprint density at radius 1 is 1.35 bits per heavy atom. The monoisotopic (exact) mass is 234 g/mol. The first-order valence-electron chi connectivity index (χ1n) is 6.39. The second-order valence-electron chi connectivity index (χ2n) is 5.72. The van der Waals surface area contributed by atoms with Crippen LogP contribution in [0.25, 0.3) is 0 Å². The molecule has 0 radical (unpaired) electrons. The van der Waals surface area contributed by atoms with E-state index in [1.807, 2.05) is 12.3 Å². The zero-order valence-electron chi connectivity index (χ0n) is 11.0. The number of nitrogens with zero attached hydrogens (tertiary/aromatic N) is 1. The topological polar surface area (TPSA) is 34.1 Å². The van der Waals surface area contributed by atoms with E-state index in [1.54, 1.807) is 0 Å². The van der Waals surface area contributed by atoms with Crippen molar-refractivity contribution in [2.24, 2.45) is 0 Å². The highest BCUT2D eigenvalue weighted by molar-refractivity contribution is 5.23. The molecule has 1 aliphatic rings. The first-order chi connectivity index (χ1) is 8.05. The molecule has 94 valence electrons. The highest BCUT2D eigenvalue weighted by Crippen LogP contribution is 2.22. The lowest BCUT2D eigenvalue weighted by molar-refractivity contribution is 0.166. The lowest BCUT2D eigenvalue weighted by Crippen LogP contribution is -2.37. The fraction of sp³-hybridized carbons (Fsp3) is 0.643. The van der Waals surface area contributed by atoms with Gasteiger partial charge in [0, 0.05) is 17.7 Å². The summed E-state index contributed by atoms with van der Waals surface area (Å²) >= 11 is 0. The van der Waals surface area contributed by atoms with Gasteiger partial charge < -0.3 is 10.1 Å². The second-order valence-corrected chi connectivity index (χ2v) is 5.72. The van der Waals surface area contributed by atoms with Gasteiger partial charge in [0.25, 0.3) is 0 Å². The van der Waals surface area contributed by atoms with Crippen LogP contribution in [0.15, 0.2) is 18.3 Å². The zero-order valence-corrected chi connectivity index (χ0v) is 11.0. The normalized spacial score (nSPS) is 21.2. The standard InChI is InChI=1S/C14H22N2O/c1-14(2,3)13-7-6-12(10-16-13)17-11-5-4-8-15-9-11/h6-7,10-11,15H,4-5,8-9H2,1-3H3/t11-/m0/s1. The van der Waals surface area contributed by atoms with Crippen LogP contribution in [0.1, 0.15) is 39.3 Å². The quantitative estimate of drug-likeness (QED) is 0.853. The van der Waals surface area contributed by atoms with Crippen molar-refractivity contribution in [3.8, 4) is 5.75 Å². The molecule has 0 aliphatic carbocycles. The third-order valence-electron chi connectivity index (χ3n) is 3.06. The van der Waals surface area contributed by atoms with Gasteiger partial charge in [-0.1, -0.05) is 20.8 Å². The summed E-state index contributed by atoms with van der Waals surface area (Å²) < 4.78 is 5.90. The highest BCUT2D eigenvalue weighted by Gasteiger charge is 2.17. The van der Waals surface area contributed by atoms with Crippen LogP contribution in [-0.2, 0) is 5.41 Å². The van der Waals surface area contributed by atoms with Gasteiger partial charge >= 0.3 is 0 Å². The Balaban J connectivity index is 1.98. The Morgan fingerprint density at radius 3 is 2.71 bits per heavy atom. The van der Waals surface area contributed by atoms with E-state index in [1.165, 1.54) is 6.42 Å². The summed E-state index contributed by atoms with van der Waals surface area (Å²) in [5.74, 6) is 0.881. The number of nitrogens with one attached hydrogen (secondary N) is 1. The molecular weight excluding hydrogens is 212 g/mol. The summed E-state index contributed by atoms with van der Waals surface area (Å²) in [6.07, 6.45) is 4.47. The van der Waals surface area contributed by atoms with Crippen LogP contribution in [0.5, 0.6) is 5.75 Å². The largest absolute Gasteiger partial charge is 0.487 e. The van der Waals surface area contributed by atoms with Crippen LogP contribution in [0.2, 0.25) is 0 Å². The third kappa shape index (κ3) is 3.43. The molecule has 1 aliphatic heterocycles. The number of pyridine rings is 1. The van der Waals surface area contributed by atoms with Gasteiger partial charge in [0.15, 0.2) is 0 Å². The van der Waals surface area contributed by atoms with E-state index in [2.05, 4.69) is 37.1 Å². The van der Waals surface area contributed by atoms with E-state index in [0.29, 0.717) is 6.10 Å². The van der Waals surface area contributed by atoms with Crippen LogP contribution in [0.4, 0.5) is 0 Å². The van der Waals surface area contributed by atoms with Crippen LogP contribution in [0.3, 0.4) is 0 Å². The van der Waals surface area contributed by atoms with Gasteiger partial charge in [-0.3, -0.25) is 4.98 Å². The fourth-order valence-electron chi connectivity index (χ4n) is 2.01. The van der Waals surface area contributed by atoms with E-state index in [-0.39, 0.29) is 5.41 Å². The minimum absolute atomic E-state index is 0.102. The van der Waals surface area contributed by atoms with E-state index in [4.69, 9.17) is 4.74 Å². The minimum Gasteiger partial charge on any atom is -0.487 e. The SMILES string of the molecule is CC(C)(C)c1ccc(O[C@H]2CCCNC2)cn1. The molecule has 3 heteroatoms. The van der Waals surface area contributed by atoms with Gasteiger partial charge in [-0.15, -0.1) is 0 Å². The summed E-state index contributed by atoms with van der Waals surface area (Å²) in [5.41, 5.74) is 1.21. The molecule has 2 rings (SSSR count). The number of hydrogen-bond donors (Lipinski definition) is 1. The average Bonchev–Trinajstić information content (AvgIpc) is 2.30. The van der Waals surface area contributed by atoms with Crippen molar-refractivity contribution >= 4 is 0 Å². The highest BCUT2D eigenvalue weighted by atomic mass is 16.5. The maximum Gasteiger partial charge on any atom is 0.138 e. The van der Waals surface area contributed by atoms with Crippen molar-refractivity contribution in [3.05, 3.63) is 24.0 Å². The molecule has 2 heterocycles. The molecule has 0 unspecified atom stereocenters. The number of piperidine rings is 1. The summed E-state index contributed by atoms with van der Waals surface area (Å²) in [6.45, 7) is 8.56.